The van der Waals surface area contributed by atoms with E-state index < -0.39 is 0 Å². The molecule has 1 atom stereocenters. The summed E-state index contributed by atoms with van der Waals surface area (Å²) in [6.45, 7) is 0. The van der Waals surface area contributed by atoms with E-state index in [4.69, 9.17) is 5.84 Å². The molecule has 0 spiro atoms. The first kappa shape index (κ1) is 11.7. The summed E-state index contributed by atoms with van der Waals surface area (Å²) in [5.41, 5.74) is 4.41. The van der Waals surface area contributed by atoms with Gasteiger partial charge in [-0.2, -0.15) is 5.10 Å². The van der Waals surface area contributed by atoms with E-state index in [1.165, 1.54) is 12.3 Å². The largest absolute Gasteiger partial charge is 0.276 e. The van der Waals surface area contributed by atoms with Crippen LogP contribution in [0, 0.1) is 5.82 Å². The molecule has 0 fully saturated rings. The van der Waals surface area contributed by atoms with Crippen LogP contribution < -0.4 is 11.3 Å². The molecule has 0 aliphatic carbocycles. The van der Waals surface area contributed by atoms with Gasteiger partial charge in [0.1, 0.15) is 5.82 Å². The number of hydrogen-bond acceptors (Lipinski definition) is 4. The average Bonchev–Trinajstić information content (AvgIpc) is 2.72. The molecule has 17 heavy (non-hydrogen) atoms. The van der Waals surface area contributed by atoms with Crippen molar-refractivity contribution in [3.05, 3.63) is 47.8 Å². The number of hydrogen-bond donors (Lipinski definition) is 2. The molecule has 0 aromatic carbocycles. The molecule has 0 aliphatic heterocycles. The van der Waals surface area contributed by atoms with Crippen molar-refractivity contribution in [1.82, 2.24) is 20.2 Å². The molecule has 1 unspecified atom stereocenters. The Hall–Kier alpha value is -1.79. The second-order valence-corrected chi connectivity index (χ2v) is 3.88. The van der Waals surface area contributed by atoms with Crippen LogP contribution in [0.2, 0.25) is 0 Å². The lowest BCUT2D eigenvalue weighted by Crippen LogP contribution is -2.29. The number of nitrogens with zero attached hydrogens (tertiary/aromatic N) is 3. The fourth-order valence-corrected chi connectivity index (χ4v) is 1.70. The summed E-state index contributed by atoms with van der Waals surface area (Å²) in [5, 5.41) is 4.07. The maximum Gasteiger partial charge on any atom is 0.141 e. The molecule has 2 heterocycles. The van der Waals surface area contributed by atoms with Crippen molar-refractivity contribution in [3.63, 3.8) is 0 Å². The molecule has 3 N–H and O–H groups in total. The number of aromatic nitrogens is 3. The van der Waals surface area contributed by atoms with E-state index in [9.17, 15) is 4.39 Å². The summed E-state index contributed by atoms with van der Waals surface area (Å²) in [4.78, 5) is 3.81. The van der Waals surface area contributed by atoms with Crippen LogP contribution in [0.15, 0.2) is 30.9 Å². The first-order valence-corrected chi connectivity index (χ1v) is 5.23. The van der Waals surface area contributed by atoms with E-state index in [1.54, 1.807) is 17.1 Å². The number of aryl methyl sites for hydroxylation is 1. The van der Waals surface area contributed by atoms with Gasteiger partial charge in [0.2, 0.25) is 0 Å². The summed E-state index contributed by atoms with van der Waals surface area (Å²) >= 11 is 0. The van der Waals surface area contributed by atoms with Crippen LogP contribution in [0.3, 0.4) is 0 Å². The minimum absolute atomic E-state index is 0.178. The first-order chi connectivity index (χ1) is 8.19. The highest BCUT2D eigenvalue weighted by Gasteiger charge is 2.12. The van der Waals surface area contributed by atoms with Crippen LogP contribution in [-0.2, 0) is 13.5 Å². The zero-order valence-corrected chi connectivity index (χ0v) is 9.47. The highest BCUT2D eigenvalue weighted by Crippen LogP contribution is 2.17. The molecule has 0 bridgehead atoms. The second kappa shape index (κ2) is 5.03. The SMILES string of the molecule is Cn1cc(CC(NN)c2cncc(F)c2)cn1. The lowest BCUT2D eigenvalue weighted by atomic mass is 10.0. The molecule has 0 amide bonds. The highest BCUT2D eigenvalue weighted by molar-refractivity contribution is 5.18. The lowest BCUT2D eigenvalue weighted by Gasteiger charge is -2.14. The fraction of sp³-hybridized carbons (Fsp3) is 0.273. The zero-order chi connectivity index (χ0) is 12.3. The maximum absolute atomic E-state index is 13.1. The molecule has 6 heteroatoms. The standard InChI is InChI=1S/C11H14FN5/c1-17-7-8(4-15-17)2-11(16-13)9-3-10(12)6-14-5-9/h3-7,11,16H,2,13H2,1H3. The van der Waals surface area contributed by atoms with Crippen LogP contribution in [0.5, 0.6) is 0 Å². The third-order valence-electron chi connectivity index (χ3n) is 2.53. The van der Waals surface area contributed by atoms with Gasteiger partial charge in [-0.1, -0.05) is 0 Å². The van der Waals surface area contributed by atoms with Gasteiger partial charge in [-0.05, 0) is 23.6 Å². The summed E-state index contributed by atoms with van der Waals surface area (Å²) in [7, 11) is 1.85. The van der Waals surface area contributed by atoms with Gasteiger partial charge < -0.3 is 0 Å². The van der Waals surface area contributed by atoms with Crippen LogP contribution in [0.4, 0.5) is 4.39 Å². The molecule has 5 nitrogen and oxygen atoms in total. The summed E-state index contributed by atoms with van der Waals surface area (Å²) in [6, 6.07) is 1.25. The summed E-state index contributed by atoms with van der Waals surface area (Å²) in [6.07, 6.45) is 7.06. The molecule has 0 saturated carbocycles. The van der Waals surface area contributed by atoms with Crippen molar-refractivity contribution in [2.75, 3.05) is 0 Å². The Bertz CT molecular complexity index is 496. The molecule has 90 valence electrons. The predicted molar refractivity (Wildman–Crippen MR) is 61.2 cm³/mol. The van der Waals surface area contributed by atoms with Gasteiger partial charge in [-0.25, -0.2) is 4.39 Å². The Labute approximate surface area is 98.4 Å². The molecular weight excluding hydrogens is 221 g/mol. The second-order valence-electron chi connectivity index (χ2n) is 3.88. The van der Waals surface area contributed by atoms with E-state index in [0.29, 0.717) is 6.42 Å². The quantitative estimate of drug-likeness (QED) is 0.604. The van der Waals surface area contributed by atoms with Crippen LogP contribution in [0.1, 0.15) is 17.2 Å². The molecule has 0 saturated heterocycles. The Morgan fingerprint density at radius 2 is 2.29 bits per heavy atom. The number of halogens is 1. The van der Waals surface area contributed by atoms with Crippen molar-refractivity contribution in [2.24, 2.45) is 12.9 Å². The minimum Gasteiger partial charge on any atom is -0.276 e. The lowest BCUT2D eigenvalue weighted by molar-refractivity contribution is 0.541. The third kappa shape index (κ3) is 2.86. The molecule has 2 aromatic rings. The molecule has 2 aromatic heterocycles. The van der Waals surface area contributed by atoms with Crippen molar-refractivity contribution in [2.45, 2.75) is 12.5 Å². The Kier molecular flexibility index (Phi) is 3.46. The molecular formula is C11H14FN5. The molecule has 0 radical (unpaired) electrons. The molecule has 0 aliphatic rings. The highest BCUT2D eigenvalue weighted by atomic mass is 19.1. The smallest absolute Gasteiger partial charge is 0.141 e. The summed E-state index contributed by atoms with van der Waals surface area (Å²) in [5.74, 6) is 5.12. The van der Waals surface area contributed by atoms with Gasteiger partial charge in [-0.3, -0.25) is 20.9 Å². The average molecular weight is 235 g/mol. The molecule has 2 rings (SSSR count). The Morgan fingerprint density at radius 3 is 2.88 bits per heavy atom. The van der Waals surface area contributed by atoms with Crippen molar-refractivity contribution < 1.29 is 4.39 Å². The van der Waals surface area contributed by atoms with Crippen LogP contribution in [0.25, 0.3) is 0 Å². The third-order valence-corrected chi connectivity index (χ3v) is 2.53. The van der Waals surface area contributed by atoms with Crippen molar-refractivity contribution in [3.8, 4) is 0 Å². The number of nitrogens with two attached hydrogens (primary N) is 1. The summed E-state index contributed by atoms with van der Waals surface area (Å²) < 4.78 is 14.8. The predicted octanol–water partition coefficient (Wildman–Crippen LogP) is 0.701. The number of rotatable bonds is 4. The van der Waals surface area contributed by atoms with Gasteiger partial charge in [0.15, 0.2) is 0 Å². The van der Waals surface area contributed by atoms with Gasteiger partial charge >= 0.3 is 0 Å². The number of pyridine rings is 1. The normalized spacial score (nSPS) is 12.6. The first-order valence-electron chi connectivity index (χ1n) is 5.23. The van der Waals surface area contributed by atoms with E-state index in [-0.39, 0.29) is 11.9 Å². The minimum atomic E-state index is -0.367. The zero-order valence-electron chi connectivity index (χ0n) is 9.47. The fourth-order valence-electron chi connectivity index (χ4n) is 1.70. The number of nitrogens with one attached hydrogen (secondary N) is 1. The van der Waals surface area contributed by atoms with Gasteiger partial charge in [0, 0.05) is 19.4 Å². The maximum atomic E-state index is 13.1. The van der Waals surface area contributed by atoms with E-state index >= 15 is 0 Å². The van der Waals surface area contributed by atoms with Gasteiger partial charge in [-0.15, -0.1) is 0 Å². The van der Waals surface area contributed by atoms with Crippen LogP contribution in [-0.4, -0.2) is 14.8 Å². The Morgan fingerprint density at radius 1 is 1.47 bits per heavy atom. The van der Waals surface area contributed by atoms with Gasteiger partial charge in [0.25, 0.3) is 0 Å². The van der Waals surface area contributed by atoms with E-state index in [0.717, 1.165) is 11.1 Å². The van der Waals surface area contributed by atoms with Crippen molar-refractivity contribution in [1.29, 1.82) is 0 Å². The topological polar surface area (TPSA) is 68.8 Å². The van der Waals surface area contributed by atoms with Crippen LogP contribution >= 0.6 is 0 Å². The van der Waals surface area contributed by atoms with Gasteiger partial charge in [0.05, 0.1) is 18.4 Å². The van der Waals surface area contributed by atoms with E-state index in [2.05, 4.69) is 15.5 Å². The number of hydrazine groups is 1. The van der Waals surface area contributed by atoms with Crippen molar-refractivity contribution >= 4 is 0 Å². The monoisotopic (exact) mass is 235 g/mol. The Balaban J connectivity index is 2.16. The van der Waals surface area contributed by atoms with E-state index in [1.807, 2.05) is 13.2 Å².